The third-order valence-electron chi connectivity index (χ3n) is 4.04. The standard InChI is InChI=1S/C20H15ClN2O3S/c1-13-5-8-17(9-6-13)27(24,25)23-16-4-2-3-14(11-16)20-22-18-12-15(21)7-10-19(18)26-20/h2-12,23H,1H3. The first-order chi connectivity index (χ1) is 12.9. The molecule has 1 N–H and O–H groups in total. The van der Waals surface area contributed by atoms with E-state index >= 15 is 0 Å². The van der Waals surface area contributed by atoms with Gasteiger partial charge < -0.3 is 4.42 Å². The zero-order chi connectivity index (χ0) is 19.0. The Morgan fingerprint density at radius 2 is 1.78 bits per heavy atom. The zero-order valence-corrected chi connectivity index (χ0v) is 15.9. The van der Waals surface area contributed by atoms with Gasteiger partial charge in [0.05, 0.1) is 4.90 Å². The van der Waals surface area contributed by atoms with Crippen molar-refractivity contribution in [2.24, 2.45) is 0 Å². The van der Waals surface area contributed by atoms with Crippen molar-refractivity contribution in [1.29, 1.82) is 0 Å². The number of nitrogens with one attached hydrogen (secondary N) is 1. The molecule has 0 spiro atoms. The van der Waals surface area contributed by atoms with Crippen LogP contribution in [0.15, 0.2) is 76.0 Å². The molecule has 4 aromatic rings. The summed E-state index contributed by atoms with van der Waals surface area (Å²) >= 11 is 5.98. The van der Waals surface area contributed by atoms with Gasteiger partial charge in [0.1, 0.15) is 5.52 Å². The first kappa shape index (κ1) is 17.6. The summed E-state index contributed by atoms with van der Waals surface area (Å²) in [7, 11) is -3.68. The number of benzene rings is 3. The topological polar surface area (TPSA) is 72.2 Å². The van der Waals surface area contributed by atoms with Crippen LogP contribution in [-0.4, -0.2) is 13.4 Å². The molecule has 3 aromatic carbocycles. The maximum absolute atomic E-state index is 12.6. The number of fused-ring (bicyclic) bond motifs is 1. The van der Waals surface area contributed by atoms with Crippen LogP contribution in [0.2, 0.25) is 5.02 Å². The van der Waals surface area contributed by atoms with E-state index in [0.717, 1.165) is 5.56 Å². The summed E-state index contributed by atoms with van der Waals surface area (Å²) in [5.41, 5.74) is 3.33. The van der Waals surface area contributed by atoms with Crippen LogP contribution in [0.25, 0.3) is 22.6 Å². The van der Waals surface area contributed by atoms with Crippen LogP contribution in [0.3, 0.4) is 0 Å². The molecule has 0 aliphatic carbocycles. The van der Waals surface area contributed by atoms with Gasteiger partial charge in [0.2, 0.25) is 5.89 Å². The number of oxazole rings is 1. The highest BCUT2D eigenvalue weighted by atomic mass is 35.5. The van der Waals surface area contributed by atoms with Crippen LogP contribution >= 0.6 is 11.6 Å². The van der Waals surface area contributed by atoms with E-state index in [4.69, 9.17) is 16.0 Å². The fourth-order valence-corrected chi connectivity index (χ4v) is 3.89. The number of nitrogens with zero attached hydrogens (tertiary/aromatic N) is 1. The van der Waals surface area contributed by atoms with Crippen molar-refractivity contribution >= 4 is 38.4 Å². The molecule has 0 saturated heterocycles. The number of sulfonamides is 1. The lowest BCUT2D eigenvalue weighted by Crippen LogP contribution is -2.12. The van der Waals surface area contributed by atoms with Gasteiger partial charge in [-0.2, -0.15) is 0 Å². The fourth-order valence-electron chi connectivity index (χ4n) is 2.67. The second-order valence-corrected chi connectivity index (χ2v) is 8.25. The second-order valence-electron chi connectivity index (χ2n) is 6.13. The molecule has 0 atom stereocenters. The molecule has 27 heavy (non-hydrogen) atoms. The Labute approximate surface area is 161 Å². The number of anilines is 1. The van der Waals surface area contributed by atoms with Crippen LogP contribution in [0.1, 0.15) is 5.56 Å². The molecule has 0 bridgehead atoms. The number of halogens is 1. The molecule has 0 radical (unpaired) electrons. The molecular weight excluding hydrogens is 384 g/mol. The maximum atomic E-state index is 12.6. The quantitative estimate of drug-likeness (QED) is 0.509. The van der Waals surface area contributed by atoms with Crippen molar-refractivity contribution in [3.8, 4) is 11.5 Å². The molecular formula is C20H15ClN2O3S. The monoisotopic (exact) mass is 398 g/mol. The van der Waals surface area contributed by atoms with Crippen molar-refractivity contribution in [2.75, 3.05) is 4.72 Å². The minimum Gasteiger partial charge on any atom is -0.436 e. The van der Waals surface area contributed by atoms with E-state index in [1.165, 1.54) is 0 Å². The summed E-state index contributed by atoms with van der Waals surface area (Å²) in [4.78, 5) is 4.62. The van der Waals surface area contributed by atoms with E-state index in [-0.39, 0.29) is 4.90 Å². The van der Waals surface area contributed by atoms with Crippen molar-refractivity contribution in [3.05, 3.63) is 77.3 Å². The van der Waals surface area contributed by atoms with Gasteiger partial charge in [-0.15, -0.1) is 0 Å². The molecule has 1 aromatic heterocycles. The molecule has 7 heteroatoms. The third-order valence-corrected chi connectivity index (χ3v) is 5.67. The van der Waals surface area contributed by atoms with E-state index in [2.05, 4.69) is 9.71 Å². The predicted molar refractivity (Wildman–Crippen MR) is 106 cm³/mol. The predicted octanol–water partition coefficient (Wildman–Crippen LogP) is 5.26. The number of aryl methyl sites for hydroxylation is 1. The minimum atomic E-state index is -3.68. The van der Waals surface area contributed by atoms with Gasteiger partial charge in [-0.3, -0.25) is 4.72 Å². The number of hydrogen-bond acceptors (Lipinski definition) is 4. The largest absolute Gasteiger partial charge is 0.436 e. The van der Waals surface area contributed by atoms with Crippen molar-refractivity contribution in [3.63, 3.8) is 0 Å². The third kappa shape index (κ3) is 3.67. The summed E-state index contributed by atoms with van der Waals surface area (Å²) in [6, 6.07) is 18.8. The van der Waals surface area contributed by atoms with E-state index in [1.807, 2.05) is 6.92 Å². The molecule has 0 fully saturated rings. The molecule has 0 aliphatic heterocycles. The smallest absolute Gasteiger partial charge is 0.261 e. The average Bonchev–Trinajstić information content (AvgIpc) is 3.05. The lowest BCUT2D eigenvalue weighted by Gasteiger charge is -2.09. The first-order valence-electron chi connectivity index (χ1n) is 8.17. The molecule has 1 heterocycles. The van der Waals surface area contributed by atoms with E-state index in [0.29, 0.717) is 33.3 Å². The molecule has 0 amide bonds. The van der Waals surface area contributed by atoms with Gasteiger partial charge in [0.15, 0.2) is 5.58 Å². The molecule has 5 nitrogen and oxygen atoms in total. The Kier molecular flexibility index (Phi) is 4.37. The van der Waals surface area contributed by atoms with Crippen molar-refractivity contribution in [2.45, 2.75) is 11.8 Å². The van der Waals surface area contributed by atoms with Gasteiger partial charge in [0.25, 0.3) is 10.0 Å². The van der Waals surface area contributed by atoms with Crippen LogP contribution in [0.4, 0.5) is 5.69 Å². The Hall–Kier alpha value is -2.83. The van der Waals surface area contributed by atoms with Crippen LogP contribution in [-0.2, 0) is 10.0 Å². The first-order valence-corrected chi connectivity index (χ1v) is 10.0. The van der Waals surface area contributed by atoms with Crippen molar-refractivity contribution < 1.29 is 12.8 Å². The van der Waals surface area contributed by atoms with Gasteiger partial charge in [-0.05, 0) is 55.5 Å². The van der Waals surface area contributed by atoms with Crippen molar-refractivity contribution in [1.82, 2.24) is 4.98 Å². The molecule has 0 aliphatic rings. The highest BCUT2D eigenvalue weighted by Crippen LogP contribution is 2.28. The van der Waals surface area contributed by atoms with E-state index < -0.39 is 10.0 Å². The normalized spacial score (nSPS) is 11.6. The Balaban J connectivity index is 1.66. The molecule has 0 saturated carbocycles. The summed E-state index contributed by atoms with van der Waals surface area (Å²) in [5, 5.41) is 0.571. The Morgan fingerprint density at radius 3 is 2.56 bits per heavy atom. The summed E-state index contributed by atoms with van der Waals surface area (Å²) in [6.45, 7) is 1.90. The van der Waals surface area contributed by atoms with Crippen LogP contribution < -0.4 is 4.72 Å². The summed E-state index contributed by atoms with van der Waals surface area (Å²) in [5.74, 6) is 0.392. The number of aromatic nitrogens is 1. The number of rotatable bonds is 4. The Morgan fingerprint density at radius 1 is 1.00 bits per heavy atom. The molecule has 4 rings (SSSR count). The maximum Gasteiger partial charge on any atom is 0.261 e. The minimum absolute atomic E-state index is 0.204. The molecule has 0 unspecified atom stereocenters. The van der Waals surface area contributed by atoms with Crippen LogP contribution in [0, 0.1) is 6.92 Å². The van der Waals surface area contributed by atoms with Crippen LogP contribution in [0.5, 0.6) is 0 Å². The molecule has 136 valence electrons. The fraction of sp³-hybridized carbons (Fsp3) is 0.0500. The SMILES string of the molecule is Cc1ccc(S(=O)(=O)Nc2cccc(-c3nc4cc(Cl)ccc4o3)c2)cc1. The van der Waals surface area contributed by atoms with Gasteiger partial charge in [-0.25, -0.2) is 13.4 Å². The van der Waals surface area contributed by atoms with E-state index in [9.17, 15) is 8.42 Å². The highest BCUT2D eigenvalue weighted by Gasteiger charge is 2.15. The van der Waals surface area contributed by atoms with Gasteiger partial charge >= 0.3 is 0 Å². The second kappa shape index (κ2) is 6.72. The van der Waals surface area contributed by atoms with Gasteiger partial charge in [0, 0.05) is 16.3 Å². The number of hydrogen-bond donors (Lipinski definition) is 1. The highest BCUT2D eigenvalue weighted by molar-refractivity contribution is 7.92. The van der Waals surface area contributed by atoms with E-state index in [1.54, 1.807) is 66.7 Å². The lowest BCUT2D eigenvalue weighted by molar-refractivity contribution is 0.601. The van der Waals surface area contributed by atoms with Gasteiger partial charge in [-0.1, -0.05) is 35.4 Å². The zero-order valence-electron chi connectivity index (χ0n) is 14.3. The lowest BCUT2D eigenvalue weighted by atomic mass is 10.2. The summed E-state index contributed by atoms with van der Waals surface area (Å²) < 4.78 is 33.5. The Bertz CT molecular complexity index is 1230. The average molecular weight is 399 g/mol. The summed E-state index contributed by atoms with van der Waals surface area (Å²) in [6.07, 6.45) is 0.